The third-order valence-corrected chi connectivity index (χ3v) is 3.53. The molecule has 0 aliphatic rings. The molecule has 0 saturated heterocycles. The van der Waals surface area contributed by atoms with Gasteiger partial charge in [-0.15, -0.1) is 0 Å². The van der Waals surface area contributed by atoms with Crippen LogP contribution in [0, 0.1) is 10.1 Å². The predicted molar refractivity (Wildman–Crippen MR) is 93.7 cm³/mol. The average Bonchev–Trinajstić information content (AvgIpc) is 2.61. The molecule has 0 spiro atoms. The topological polar surface area (TPSA) is 105 Å². The predicted octanol–water partition coefficient (Wildman–Crippen LogP) is 3.62. The Morgan fingerprint density at radius 3 is 2.56 bits per heavy atom. The lowest BCUT2D eigenvalue weighted by molar-refractivity contribution is -0.420. The van der Waals surface area contributed by atoms with Gasteiger partial charge in [0.05, 0.1) is 11.1 Å². The van der Waals surface area contributed by atoms with E-state index >= 15 is 0 Å². The number of fused-ring (bicyclic) bond motifs is 1. The molecule has 0 radical (unpaired) electrons. The number of carboxylic acids is 1. The molecule has 0 fully saturated rings. The van der Waals surface area contributed by atoms with E-state index in [1.165, 1.54) is 18.2 Å². The standard InChI is InChI=1S/C18H13N3O4/c22-18(23)14-7-3-1-6-13(14)11-17(21(24)25)20-16-10-9-12-5-2-4-8-15(12)19-16/h1-11H,(H,19,20)(H,22,23)/b17-11-. The first kappa shape index (κ1) is 16.1. The first-order valence-corrected chi connectivity index (χ1v) is 7.36. The number of para-hydroxylation sites is 1. The summed E-state index contributed by atoms with van der Waals surface area (Å²) in [7, 11) is 0. The molecule has 2 aromatic carbocycles. The monoisotopic (exact) mass is 335 g/mol. The number of nitrogens with one attached hydrogen (secondary N) is 1. The summed E-state index contributed by atoms with van der Waals surface area (Å²) in [6, 6.07) is 16.9. The van der Waals surface area contributed by atoms with Gasteiger partial charge in [-0.2, -0.15) is 0 Å². The van der Waals surface area contributed by atoms with Gasteiger partial charge in [-0.05, 0) is 28.7 Å². The summed E-state index contributed by atoms with van der Waals surface area (Å²) in [5, 5.41) is 24.1. The van der Waals surface area contributed by atoms with Crippen LogP contribution in [0.15, 0.2) is 66.5 Å². The van der Waals surface area contributed by atoms with Gasteiger partial charge in [0, 0.05) is 17.5 Å². The van der Waals surface area contributed by atoms with Crippen molar-refractivity contribution in [3.63, 3.8) is 0 Å². The molecule has 0 bridgehead atoms. The number of pyridine rings is 1. The van der Waals surface area contributed by atoms with Crippen molar-refractivity contribution in [3.05, 3.63) is 87.7 Å². The number of anilines is 1. The summed E-state index contributed by atoms with van der Waals surface area (Å²) >= 11 is 0. The summed E-state index contributed by atoms with van der Waals surface area (Å²) < 4.78 is 0. The van der Waals surface area contributed by atoms with Crippen LogP contribution in [0.1, 0.15) is 15.9 Å². The number of benzene rings is 2. The quantitative estimate of drug-likeness (QED) is 0.545. The van der Waals surface area contributed by atoms with Gasteiger partial charge in [-0.3, -0.25) is 0 Å². The van der Waals surface area contributed by atoms with Crippen molar-refractivity contribution in [3.8, 4) is 0 Å². The molecule has 0 aliphatic heterocycles. The van der Waals surface area contributed by atoms with Gasteiger partial charge in [-0.1, -0.05) is 36.4 Å². The van der Waals surface area contributed by atoms with Crippen LogP contribution in [0.4, 0.5) is 5.82 Å². The largest absolute Gasteiger partial charge is 0.478 e. The van der Waals surface area contributed by atoms with E-state index in [1.807, 2.05) is 18.2 Å². The maximum Gasteiger partial charge on any atom is 0.336 e. The van der Waals surface area contributed by atoms with Gasteiger partial charge in [-0.25, -0.2) is 15.1 Å². The number of carboxylic acid groups (broad SMARTS) is 1. The summed E-state index contributed by atoms with van der Waals surface area (Å²) in [5.41, 5.74) is 0.909. The Kier molecular flexibility index (Phi) is 4.38. The second kappa shape index (κ2) is 6.79. The molecule has 0 aliphatic carbocycles. The van der Waals surface area contributed by atoms with Gasteiger partial charge in [0.25, 0.3) is 0 Å². The maximum absolute atomic E-state index is 11.4. The lowest BCUT2D eigenvalue weighted by atomic mass is 10.1. The molecule has 2 N–H and O–H groups in total. The van der Waals surface area contributed by atoms with Crippen LogP contribution in [-0.2, 0) is 0 Å². The van der Waals surface area contributed by atoms with E-state index in [4.69, 9.17) is 0 Å². The zero-order valence-corrected chi connectivity index (χ0v) is 12.9. The normalized spacial score (nSPS) is 11.3. The van der Waals surface area contributed by atoms with Crippen molar-refractivity contribution in [2.75, 3.05) is 5.32 Å². The molecule has 0 atom stereocenters. The third-order valence-electron chi connectivity index (χ3n) is 3.53. The maximum atomic E-state index is 11.4. The van der Waals surface area contributed by atoms with Gasteiger partial charge in [0.1, 0.15) is 0 Å². The highest BCUT2D eigenvalue weighted by Crippen LogP contribution is 2.18. The molecular weight excluding hydrogens is 322 g/mol. The molecule has 1 heterocycles. The minimum Gasteiger partial charge on any atom is -0.478 e. The fourth-order valence-electron chi connectivity index (χ4n) is 2.37. The van der Waals surface area contributed by atoms with Crippen molar-refractivity contribution >= 4 is 28.8 Å². The Bertz CT molecular complexity index is 998. The van der Waals surface area contributed by atoms with E-state index in [9.17, 15) is 20.0 Å². The summed E-state index contributed by atoms with van der Waals surface area (Å²) in [6.45, 7) is 0. The highest BCUT2D eigenvalue weighted by molar-refractivity contribution is 5.92. The number of aromatic carboxylic acids is 1. The smallest absolute Gasteiger partial charge is 0.336 e. The van der Waals surface area contributed by atoms with Crippen LogP contribution < -0.4 is 5.32 Å². The molecule has 7 heteroatoms. The summed E-state index contributed by atoms with van der Waals surface area (Å²) in [4.78, 5) is 26.3. The van der Waals surface area contributed by atoms with Crippen LogP contribution in [0.3, 0.4) is 0 Å². The highest BCUT2D eigenvalue weighted by Gasteiger charge is 2.15. The molecule has 0 unspecified atom stereocenters. The van der Waals surface area contributed by atoms with E-state index in [0.29, 0.717) is 11.3 Å². The van der Waals surface area contributed by atoms with E-state index in [-0.39, 0.29) is 16.9 Å². The fraction of sp³-hybridized carbons (Fsp3) is 0. The van der Waals surface area contributed by atoms with Crippen molar-refractivity contribution < 1.29 is 14.8 Å². The van der Waals surface area contributed by atoms with Crippen molar-refractivity contribution in [1.82, 2.24) is 4.98 Å². The van der Waals surface area contributed by atoms with Crippen molar-refractivity contribution in [2.45, 2.75) is 0 Å². The minimum atomic E-state index is -1.15. The zero-order chi connectivity index (χ0) is 17.8. The number of nitro groups is 1. The average molecular weight is 335 g/mol. The zero-order valence-electron chi connectivity index (χ0n) is 12.9. The molecule has 124 valence electrons. The van der Waals surface area contributed by atoms with E-state index in [2.05, 4.69) is 10.3 Å². The number of hydrogen-bond acceptors (Lipinski definition) is 5. The minimum absolute atomic E-state index is 0.0184. The van der Waals surface area contributed by atoms with Crippen LogP contribution in [0.5, 0.6) is 0 Å². The highest BCUT2D eigenvalue weighted by atomic mass is 16.6. The SMILES string of the molecule is O=C(O)c1ccccc1/C=C(/Nc1ccc2ccccc2n1)[N+](=O)[O-]. The van der Waals surface area contributed by atoms with Crippen molar-refractivity contribution in [2.24, 2.45) is 0 Å². The van der Waals surface area contributed by atoms with Gasteiger partial charge in [0.15, 0.2) is 0 Å². The molecule has 3 rings (SSSR count). The summed E-state index contributed by atoms with van der Waals surface area (Å²) in [5.74, 6) is -1.22. The second-order valence-corrected chi connectivity index (χ2v) is 5.19. The van der Waals surface area contributed by atoms with E-state index < -0.39 is 10.9 Å². The Balaban J connectivity index is 1.99. The first-order valence-electron chi connectivity index (χ1n) is 7.36. The Labute approximate surface area is 142 Å². The Morgan fingerprint density at radius 2 is 1.80 bits per heavy atom. The van der Waals surface area contributed by atoms with Crippen LogP contribution in [0.2, 0.25) is 0 Å². The number of carbonyl (C=O) groups is 1. The number of hydrogen-bond donors (Lipinski definition) is 2. The molecule has 7 nitrogen and oxygen atoms in total. The molecule has 0 amide bonds. The second-order valence-electron chi connectivity index (χ2n) is 5.19. The fourth-order valence-corrected chi connectivity index (χ4v) is 2.37. The molecule has 1 aromatic heterocycles. The van der Waals surface area contributed by atoms with Gasteiger partial charge in [0.2, 0.25) is 5.82 Å². The Hall–Kier alpha value is -3.74. The molecular formula is C18H13N3O4. The lowest BCUT2D eigenvalue weighted by Gasteiger charge is -2.05. The van der Waals surface area contributed by atoms with E-state index in [1.54, 1.807) is 30.3 Å². The number of aromatic nitrogens is 1. The van der Waals surface area contributed by atoms with Crippen LogP contribution in [0.25, 0.3) is 17.0 Å². The number of rotatable bonds is 5. The van der Waals surface area contributed by atoms with Crippen LogP contribution >= 0.6 is 0 Å². The molecule has 25 heavy (non-hydrogen) atoms. The Morgan fingerprint density at radius 1 is 1.08 bits per heavy atom. The molecule has 3 aromatic rings. The van der Waals surface area contributed by atoms with Crippen molar-refractivity contribution in [1.29, 1.82) is 0 Å². The van der Waals surface area contributed by atoms with E-state index in [0.717, 1.165) is 5.39 Å². The first-order chi connectivity index (χ1) is 12.0. The third kappa shape index (κ3) is 3.61. The number of nitrogens with zero attached hydrogens (tertiary/aromatic N) is 2. The van der Waals surface area contributed by atoms with Crippen LogP contribution in [-0.4, -0.2) is 21.0 Å². The van der Waals surface area contributed by atoms with Gasteiger partial charge < -0.3 is 15.2 Å². The lowest BCUT2D eigenvalue weighted by Crippen LogP contribution is -2.11. The van der Waals surface area contributed by atoms with Gasteiger partial charge >= 0.3 is 11.8 Å². The molecule has 0 saturated carbocycles. The summed E-state index contributed by atoms with van der Waals surface area (Å²) in [6.07, 6.45) is 1.18.